The Kier molecular flexibility index (Phi) is 6.52. The van der Waals surface area contributed by atoms with Crippen molar-refractivity contribution >= 4 is 17.4 Å². The first-order valence-electron chi connectivity index (χ1n) is 6.52. The zero-order chi connectivity index (χ0) is 15.0. The largest absolute Gasteiger partial charge is 0.409 e. The number of amides is 1. The minimum atomic E-state index is -0.0437. The average molecular weight is 279 g/mol. The van der Waals surface area contributed by atoms with Gasteiger partial charge in [-0.15, -0.1) is 0 Å². The fourth-order valence-electron chi connectivity index (χ4n) is 1.65. The Morgan fingerprint density at radius 2 is 2.20 bits per heavy atom. The van der Waals surface area contributed by atoms with Crippen LogP contribution in [0.3, 0.4) is 0 Å². The summed E-state index contributed by atoms with van der Waals surface area (Å²) >= 11 is 0. The Hall–Kier alpha value is -2.08. The number of hydrogen-bond acceptors (Lipinski definition) is 4. The molecular weight excluding hydrogens is 258 g/mol. The van der Waals surface area contributed by atoms with Gasteiger partial charge in [-0.1, -0.05) is 24.2 Å². The second-order valence-corrected chi connectivity index (χ2v) is 4.35. The topological polar surface area (TPSA) is 88.2 Å². The van der Waals surface area contributed by atoms with Crippen LogP contribution in [0.2, 0.25) is 0 Å². The van der Waals surface area contributed by atoms with Crippen molar-refractivity contribution in [3.63, 3.8) is 0 Å². The van der Waals surface area contributed by atoms with E-state index in [-0.39, 0.29) is 11.7 Å². The summed E-state index contributed by atoms with van der Waals surface area (Å²) < 4.78 is 5.30. The van der Waals surface area contributed by atoms with Gasteiger partial charge in [0.15, 0.2) is 5.84 Å². The summed E-state index contributed by atoms with van der Waals surface area (Å²) in [6.07, 6.45) is 1.26. The number of benzene rings is 1. The Labute approximate surface area is 118 Å². The Bertz CT molecular complexity index is 474. The molecule has 1 aromatic carbocycles. The van der Waals surface area contributed by atoms with Crippen LogP contribution in [0.5, 0.6) is 0 Å². The molecule has 0 atom stereocenters. The SMILES string of the molecule is CCCOCCC(=O)N(C)c1cccc(C(N)=NO)c1. The molecule has 1 rings (SSSR count). The first-order valence-corrected chi connectivity index (χ1v) is 6.52. The van der Waals surface area contributed by atoms with E-state index in [2.05, 4.69) is 5.16 Å². The summed E-state index contributed by atoms with van der Waals surface area (Å²) in [5, 5.41) is 11.6. The number of ether oxygens (including phenoxy) is 1. The lowest BCUT2D eigenvalue weighted by Crippen LogP contribution is -2.27. The van der Waals surface area contributed by atoms with Crippen LogP contribution in [0.25, 0.3) is 0 Å². The summed E-state index contributed by atoms with van der Waals surface area (Å²) in [6.45, 7) is 3.10. The van der Waals surface area contributed by atoms with E-state index < -0.39 is 0 Å². The number of anilines is 1. The van der Waals surface area contributed by atoms with E-state index in [1.54, 1.807) is 31.3 Å². The Morgan fingerprint density at radius 1 is 1.45 bits per heavy atom. The van der Waals surface area contributed by atoms with Gasteiger partial charge in [0.05, 0.1) is 13.0 Å². The molecule has 0 fully saturated rings. The van der Waals surface area contributed by atoms with E-state index in [0.29, 0.717) is 30.9 Å². The maximum atomic E-state index is 12.0. The molecule has 0 aliphatic heterocycles. The lowest BCUT2D eigenvalue weighted by molar-refractivity contribution is -0.119. The molecule has 0 saturated heterocycles. The van der Waals surface area contributed by atoms with Crippen LogP contribution in [-0.2, 0) is 9.53 Å². The molecule has 0 aromatic heterocycles. The van der Waals surface area contributed by atoms with Gasteiger partial charge >= 0.3 is 0 Å². The molecule has 0 unspecified atom stereocenters. The van der Waals surface area contributed by atoms with Gasteiger partial charge in [0.1, 0.15) is 0 Å². The standard InChI is InChI=1S/C14H21N3O3/c1-3-8-20-9-7-13(18)17(2)12-6-4-5-11(10-12)14(15)16-19/h4-6,10,19H,3,7-9H2,1-2H3,(H2,15,16). The van der Waals surface area contributed by atoms with Gasteiger partial charge in [-0.25, -0.2) is 0 Å². The van der Waals surface area contributed by atoms with Crippen molar-refractivity contribution in [2.75, 3.05) is 25.2 Å². The van der Waals surface area contributed by atoms with Gasteiger partial charge in [-0.05, 0) is 18.6 Å². The summed E-state index contributed by atoms with van der Waals surface area (Å²) in [4.78, 5) is 13.5. The third kappa shape index (κ3) is 4.55. The van der Waals surface area contributed by atoms with Crippen LogP contribution >= 0.6 is 0 Å². The molecule has 0 bridgehead atoms. The molecule has 0 aliphatic carbocycles. The lowest BCUT2D eigenvalue weighted by atomic mass is 10.1. The third-order valence-electron chi connectivity index (χ3n) is 2.82. The molecule has 0 spiro atoms. The van der Waals surface area contributed by atoms with E-state index in [9.17, 15) is 4.79 Å². The fraction of sp³-hybridized carbons (Fsp3) is 0.429. The predicted octanol–water partition coefficient (Wildman–Crippen LogP) is 1.56. The van der Waals surface area contributed by atoms with E-state index >= 15 is 0 Å². The number of hydrogen-bond donors (Lipinski definition) is 2. The van der Waals surface area contributed by atoms with E-state index in [4.69, 9.17) is 15.7 Å². The van der Waals surface area contributed by atoms with Gasteiger partial charge in [-0.2, -0.15) is 0 Å². The van der Waals surface area contributed by atoms with Gasteiger partial charge < -0.3 is 20.6 Å². The molecule has 1 amide bonds. The molecule has 110 valence electrons. The highest BCUT2D eigenvalue weighted by molar-refractivity contribution is 5.99. The second-order valence-electron chi connectivity index (χ2n) is 4.35. The molecule has 3 N–H and O–H groups in total. The van der Waals surface area contributed by atoms with Crippen LogP contribution < -0.4 is 10.6 Å². The summed E-state index contributed by atoms with van der Waals surface area (Å²) in [5.41, 5.74) is 6.78. The average Bonchev–Trinajstić information content (AvgIpc) is 2.49. The fourth-order valence-corrected chi connectivity index (χ4v) is 1.65. The number of carbonyl (C=O) groups excluding carboxylic acids is 1. The molecule has 6 nitrogen and oxygen atoms in total. The van der Waals surface area contributed by atoms with Crippen LogP contribution in [-0.4, -0.2) is 37.2 Å². The third-order valence-corrected chi connectivity index (χ3v) is 2.82. The molecular formula is C14H21N3O3. The zero-order valence-corrected chi connectivity index (χ0v) is 11.9. The quantitative estimate of drug-likeness (QED) is 0.261. The summed E-state index contributed by atoms with van der Waals surface area (Å²) in [6, 6.07) is 6.94. The Morgan fingerprint density at radius 3 is 2.85 bits per heavy atom. The molecule has 0 radical (unpaired) electrons. The first-order chi connectivity index (χ1) is 9.60. The molecule has 20 heavy (non-hydrogen) atoms. The van der Waals surface area contributed by atoms with Crippen molar-refractivity contribution in [1.29, 1.82) is 0 Å². The highest BCUT2D eigenvalue weighted by atomic mass is 16.5. The highest BCUT2D eigenvalue weighted by Crippen LogP contribution is 2.15. The zero-order valence-electron chi connectivity index (χ0n) is 11.9. The number of amidine groups is 1. The highest BCUT2D eigenvalue weighted by Gasteiger charge is 2.11. The number of oxime groups is 1. The van der Waals surface area contributed by atoms with Gasteiger partial charge in [0.2, 0.25) is 5.91 Å². The van der Waals surface area contributed by atoms with Crippen molar-refractivity contribution in [1.82, 2.24) is 0 Å². The van der Waals surface area contributed by atoms with E-state index in [1.165, 1.54) is 4.90 Å². The molecule has 0 heterocycles. The maximum Gasteiger partial charge on any atom is 0.229 e. The van der Waals surface area contributed by atoms with Gasteiger partial charge in [-0.3, -0.25) is 4.79 Å². The first kappa shape index (κ1) is 16.0. The Balaban J connectivity index is 2.67. The lowest BCUT2D eigenvalue weighted by Gasteiger charge is -2.18. The molecule has 0 aliphatic rings. The van der Waals surface area contributed by atoms with Crippen molar-refractivity contribution in [3.05, 3.63) is 29.8 Å². The normalized spacial score (nSPS) is 11.4. The predicted molar refractivity (Wildman–Crippen MR) is 78.1 cm³/mol. The summed E-state index contributed by atoms with van der Waals surface area (Å²) in [5.74, 6) is -0.0308. The molecule has 1 aromatic rings. The van der Waals surface area contributed by atoms with Gasteiger partial charge in [0.25, 0.3) is 0 Å². The van der Waals surface area contributed by atoms with E-state index in [0.717, 1.165) is 6.42 Å². The maximum absolute atomic E-state index is 12.0. The second kappa shape index (κ2) is 8.16. The van der Waals surface area contributed by atoms with Crippen LogP contribution in [0.4, 0.5) is 5.69 Å². The molecule has 6 heteroatoms. The van der Waals surface area contributed by atoms with Crippen LogP contribution in [0, 0.1) is 0 Å². The minimum Gasteiger partial charge on any atom is -0.409 e. The number of nitrogens with zero attached hydrogens (tertiary/aromatic N) is 2. The number of nitrogens with two attached hydrogens (primary N) is 1. The number of carbonyl (C=O) groups is 1. The van der Waals surface area contributed by atoms with Crippen molar-refractivity contribution in [2.45, 2.75) is 19.8 Å². The van der Waals surface area contributed by atoms with Gasteiger partial charge in [0, 0.05) is 24.9 Å². The minimum absolute atomic E-state index is 0.0129. The van der Waals surface area contributed by atoms with E-state index in [1.807, 2.05) is 6.92 Å². The van der Waals surface area contributed by atoms with Crippen LogP contribution in [0.1, 0.15) is 25.3 Å². The smallest absolute Gasteiger partial charge is 0.229 e. The van der Waals surface area contributed by atoms with Crippen molar-refractivity contribution in [3.8, 4) is 0 Å². The monoisotopic (exact) mass is 279 g/mol. The number of rotatable bonds is 7. The van der Waals surface area contributed by atoms with Crippen LogP contribution in [0.15, 0.2) is 29.4 Å². The molecule has 0 saturated carbocycles. The summed E-state index contributed by atoms with van der Waals surface area (Å²) in [7, 11) is 1.69. The van der Waals surface area contributed by atoms with Crippen molar-refractivity contribution < 1.29 is 14.7 Å². The van der Waals surface area contributed by atoms with Crippen molar-refractivity contribution in [2.24, 2.45) is 10.9 Å².